The molecule has 0 radical (unpaired) electrons. The van der Waals surface area contributed by atoms with Crippen molar-refractivity contribution in [3.8, 4) is 16.9 Å². The lowest BCUT2D eigenvalue weighted by molar-refractivity contribution is -0.136. The summed E-state index contributed by atoms with van der Waals surface area (Å²) in [6.45, 7) is 6.70. The summed E-state index contributed by atoms with van der Waals surface area (Å²) in [7, 11) is 0. The number of carbonyl (C=O) groups excluding carboxylic acids is 6. The van der Waals surface area contributed by atoms with Gasteiger partial charge in [0, 0.05) is 63.4 Å². The Bertz CT molecular complexity index is 3380. The zero-order chi connectivity index (χ0) is 54.2. The van der Waals surface area contributed by atoms with E-state index in [2.05, 4.69) is 20.5 Å². The van der Waals surface area contributed by atoms with Crippen molar-refractivity contribution in [3.05, 3.63) is 130 Å². The predicted molar refractivity (Wildman–Crippen MR) is 291 cm³/mol. The number of nitrogens with zero attached hydrogens (tertiary/aromatic N) is 7. The molecule has 3 saturated heterocycles. The summed E-state index contributed by atoms with van der Waals surface area (Å²) >= 11 is 1.42. The Kier molecular flexibility index (Phi) is 14.7. The minimum atomic E-state index is -1.15. The number of carbonyl (C=O) groups is 7. The topological polar surface area (TPSA) is 215 Å². The normalized spacial score (nSPS) is 18.7. The SMILES string of the molecule is Cc1c(OCCCC[C@@H]2CCCN(CC(=O)N3CCN(c4cc5c(cc4F)C(=O)N(C4CCC(=O)NC4=O)C5=O)CC3)C2)cccc1-c1ccc(N2CCc3cccc(C(=O)Nc4nc5ccccc5s4)c3C2)nc1C(=O)O. The number of imide groups is 2. The van der Waals surface area contributed by atoms with Crippen LogP contribution in [-0.4, -0.2) is 136 Å². The highest BCUT2D eigenvalue weighted by atomic mass is 32.1. The van der Waals surface area contributed by atoms with Gasteiger partial charge in [0.1, 0.15) is 23.4 Å². The van der Waals surface area contributed by atoms with Gasteiger partial charge < -0.3 is 24.5 Å². The number of pyridine rings is 1. The van der Waals surface area contributed by atoms with Crippen molar-refractivity contribution in [2.45, 2.75) is 70.9 Å². The maximum Gasteiger partial charge on any atom is 0.355 e. The molecule has 3 N–H and O–H groups in total. The van der Waals surface area contributed by atoms with Crippen molar-refractivity contribution in [1.82, 2.24) is 30.0 Å². The second-order valence-electron chi connectivity index (χ2n) is 20.6. The van der Waals surface area contributed by atoms with Gasteiger partial charge in [0.05, 0.1) is 40.2 Å². The summed E-state index contributed by atoms with van der Waals surface area (Å²) in [4.78, 5) is 109. The number of fused-ring (bicyclic) bond motifs is 3. The number of amides is 6. The minimum absolute atomic E-state index is 0.00370. The predicted octanol–water partition coefficient (Wildman–Crippen LogP) is 7.33. The average Bonchev–Trinajstić information content (AvgIpc) is 4.14. The summed E-state index contributed by atoms with van der Waals surface area (Å²) in [5.74, 6) is -3.15. The van der Waals surface area contributed by atoms with Crippen molar-refractivity contribution >= 4 is 79.6 Å². The number of piperidine rings is 2. The summed E-state index contributed by atoms with van der Waals surface area (Å²) in [5.41, 5.74) is 5.25. The van der Waals surface area contributed by atoms with Gasteiger partial charge in [0.2, 0.25) is 17.7 Å². The number of carboxylic acid groups (broad SMARTS) is 1. The monoisotopic (exact) mass is 1080 g/mol. The smallest absolute Gasteiger partial charge is 0.355 e. The maximum atomic E-state index is 15.5. The number of rotatable bonds is 15. The molecule has 7 heterocycles. The summed E-state index contributed by atoms with van der Waals surface area (Å²) in [6, 6.07) is 24.0. The van der Waals surface area contributed by atoms with Crippen LogP contribution < -0.4 is 25.2 Å². The van der Waals surface area contributed by atoms with Crippen LogP contribution in [0.4, 0.5) is 21.0 Å². The van der Waals surface area contributed by atoms with Gasteiger partial charge in [-0.2, -0.15) is 0 Å². The number of hydrogen-bond donors (Lipinski definition) is 3. The van der Waals surface area contributed by atoms with E-state index in [-0.39, 0.29) is 53.7 Å². The van der Waals surface area contributed by atoms with E-state index >= 15 is 4.39 Å². The third-order valence-corrected chi connectivity index (χ3v) is 16.7. The molecule has 18 nitrogen and oxygen atoms in total. The zero-order valence-corrected chi connectivity index (χ0v) is 43.9. The zero-order valence-electron chi connectivity index (χ0n) is 43.1. The third-order valence-electron chi connectivity index (χ3n) is 15.7. The van der Waals surface area contributed by atoms with Crippen LogP contribution in [-0.2, 0) is 27.3 Å². The van der Waals surface area contributed by atoms with E-state index in [0.29, 0.717) is 91.6 Å². The molecule has 20 heteroatoms. The maximum absolute atomic E-state index is 15.5. The van der Waals surface area contributed by atoms with Crippen LogP contribution >= 0.6 is 11.3 Å². The van der Waals surface area contributed by atoms with E-state index < -0.39 is 41.5 Å². The van der Waals surface area contributed by atoms with Gasteiger partial charge >= 0.3 is 5.97 Å². The molecule has 2 atom stereocenters. The van der Waals surface area contributed by atoms with Gasteiger partial charge in [-0.25, -0.2) is 19.2 Å². The molecule has 402 valence electrons. The first-order chi connectivity index (χ1) is 37.8. The Morgan fingerprint density at radius 1 is 0.821 bits per heavy atom. The number of nitrogens with one attached hydrogen (secondary N) is 2. The number of benzene rings is 4. The highest BCUT2D eigenvalue weighted by Crippen LogP contribution is 2.37. The van der Waals surface area contributed by atoms with Crippen LogP contribution in [0.2, 0.25) is 0 Å². The molecule has 5 aliphatic rings. The molecule has 6 aromatic rings. The largest absolute Gasteiger partial charge is 0.493 e. The Morgan fingerprint density at radius 2 is 1.62 bits per heavy atom. The van der Waals surface area contributed by atoms with Crippen LogP contribution in [0.3, 0.4) is 0 Å². The van der Waals surface area contributed by atoms with E-state index in [4.69, 9.17) is 9.72 Å². The number of piperazine rings is 1. The number of halogens is 1. The van der Waals surface area contributed by atoms with E-state index in [1.54, 1.807) is 21.9 Å². The number of carboxylic acids is 1. The molecule has 0 bridgehead atoms. The van der Waals surface area contributed by atoms with E-state index in [1.165, 1.54) is 17.4 Å². The standard InChI is InChI=1S/C58H58FN9O9S/c1-34-37(38-17-19-49(61-52(38)57(75)76)67-23-21-36-11-6-13-39(42(36)32-67)53(71)63-58-60-44-14-2-3-16-48(44)78-58)12-7-15-47(34)77-28-5-4-9-35-10-8-22-64(31-35)33-51(70)66-26-24-65(25-27-66)46-30-41-40(29-43(46)59)55(73)68(56(41)74)45-18-20-50(69)62-54(45)72/h2-3,6-7,11-17,19,29-30,35,45H,4-5,8-10,18,20-28,31-33H2,1H3,(H,75,76)(H,60,63,71)(H,62,69,72)/t35-,45?/m1/s1. The highest BCUT2D eigenvalue weighted by molar-refractivity contribution is 7.22. The van der Waals surface area contributed by atoms with Crippen LogP contribution in [0.1, 0.15) is 103 Å². The lowest BCUT2D eigenvalue weighted by Crippen LogP contribution is -2.54. The van der Waals surface area contributed by atoms with Crippen molar-refractivity contribution < 1.29 is 47.8 Å². The van der Waals surface area contributed by atoms with Gasteiger partial charge in [-0.1, -0.05) is 47.7 Å². The molecule has 2 aromatic heterocycles. The lowest BCUT2D eigenvalue weighted by atomic mass is 9.93. The number of aromatic carboxylic acids is 1. The molecule has 4 aromatic carbocycles. The molecular weight excluding hydrogens is 1020 g/mol. The van der Waals surface area contributed by atoms with E-state index in [1.807, 2.05) is 72.5 Å². The van der Waals surface area contributed by atoms with Crippen LogP contribution in [0.5, 0.6) is 5.75 Å². The fraction of sp³-hybridized carbons (Fsp3) is 0.362. The number of hydrogen-bond acceptors (Lipinski definition) is 14. The number of para-hydroxylation sites is 1. The van der Waals surface area contributed by atoms with Gasteiger partial charge in [-0.3, -0.25) is 49.2 Å². The number of anilines is 3. The molecule has 0 saturated carbocycles. The van der Waals surface area contributed by atoms with Crippen LogP contribution in [0.25, 0.3) is 21.3 Å². The Balaban J connectivity index is 0.645. The molecule has 1 unspecified atom stereocenters. The van der Waals surface area contributed by atoms with Gasteiger partial charge in [-0.15, -0.1) is 0 Å². The second-order valence-corrected chi connectivity index (χ2v) is 21.6. The van der Waals surface area contributed by atoms with Gasteiger partial charge in [0.25, 0.3) is 17.7 Å². The number of thiazole rings is 1. The average molecular weight is 1080 g/mol. The molecule has 6 amide bonds. The molecule has 11 rings (SSSR count). The van der Waals surface area contributed by atoms with Gasteiger partial charge in [0.15, 0.2) is 10.8 Å². The minimum Gasteiger partial charge on any atom is -0.493 e. The fourth-order valence-corrected chi connectivity index (χ4v) is 12.5. The highest BCUT2D eigenvalue weighted by Gasteiger charge is 2.45. The Labute approximate surface area is 453 Å². The Hall–Kier alpha value is -8.10. The quantitative estimate of drug-likeness (QED) is 0.0679. The van der Waals surface area contributed by atoms with Crippen molar-refractivity contribution in [3.63, 3.8) is 0 Å². The van der Waals surface area contributed by atoms with E-state index in [0.717, 1.165) is 83.1 Å². The number of likely N-dealkylation sites (tertiary alicyclic amines) is 1. The first-order valence-electron chi connectivity index (χ1n) is 26.6. The molecule has 78 heavy (non-hydrogen) atoms. The third kappa shape index (κ3) is 10.5. The van der Waals surface area contributed by atoms with Gasteiger partial charge in [-0.05, 0) is 135 Å². The van der Waals surface area contributed by atoms with Crippen molar-refractivity contribution in [2.24, 2.45) is 5.92 Å². The molecule has 3 fully saturated rings. The first kappa shape index (κ1) is 52.0. The number of ether oxygens (including phenoxy) is 1. The summed E-state index contributed by atoms with van der Waals surface area (Å²) in [6.07, 6.45) is 5.44. The van der Waals surface area contributed by atoms with E-state index in [9.17, 15) is 38.7 Å². The molecule has 0 aliphatic carbocycles. The van der Waals surface area contributed by atoms with Crippen LogP contribution in [0.15, 0.2) is 84.9 Å². The number of unbranched alkanes of at least 4 members (excludes halogenated alkanes) is 1. The Morgan fingerprint density at radius 3 is 2.41 bits per heavy atom. The van der Waals surface area contributed by atoms with Crippen molar-refractivity contribution in [1.29, 1.82) is 0 Å². The fourth-order valence-electron chi connectivity index (χ4n) is 11.6. The number of aromatic nitrogens is 2. The molecular formula is C58H58FN9O9S. The first-order valence-corrected chi connectivity index (χ1v) is 27.4. The van der Waals surface area contributed by atoms with Crippen LogP contribution in [0, 0.1) is 18.7 Å². The lowest BCUT2D eigenvalue weighted by Gasteiger charge is -2.38. The van der Waals surface area contributed by atoms with Crippen molar-refractivity contribution in [2.75, 3.05) is 74.1 Å². The second kappa shape index (κ2) is 22.1. The summed E-state index contributed by atoms with van der Waals surface area (Å²) < 4.78 is 22.8. The summed E-state index contributed by atoms with van der Waals surface area (Å²) in [5, 5.41) is 16.2. The molecule has 5 aliphatic heterocycles. The molecule has 0 spiro atoms.